The lowest BCUT2D eigenvalue weighted by atomic mass is 10.2. The molecule has 2 saturated carbocycles. The second-order valence-corrected chi connectivity index (χ2v) is 5.30. The van der Waals surface area contributed by atoms with Crippen molar-refractivity contribution in [3.05, 3.63) is 0 Å². The van der Waals surface area contributed by atoms with E-state index in [0.717, 1.165) is 19.3 Å². The van der Waals surface area contributed by atoms with Gasteiger partial charge in [-0.15, -0.1) is 0 Å². The van der Waals surface area contributed by atoms with E-state index in [9.17, 15) is 4.79 Å². The zero-order valence-electron chi connectivity index (χ0n) is 10.7. The maximum atomic E-state index is 11.7. The molecule has 0 aromatic rings. The molecule has 2 unspecified atom stereocenters. The van der Waals surface area contributed by atoms with Crippen LogP contribution in [0, 0.1) is 0 Å². The number of rotatable bonds is 5. The summed E-state index contributed by atoms with van der Waals surface area (Å²) in [6, 6.07) is 0.883. The van der Waals surface area contributed by atoms with Gasteiger partial charge in [-0.05, 0) is 32.1 Å². The van der Waals surface area contributed by atoms with Gasteiger partial charge in [-0.1, -0.05) is 12.8 Å². The Hall–Kier alpha value is -0.610. The van der Waals surface area contributed by atoms with Crippen molar-refractivity contribution in [2.24, 2.45) is 0 Å². The number of methoxy groups -OCH3 is 1. The Balaban J connectivity index is 1.60. The summed E-state index contributed by atoms with van der Waals surface area (Å²) in [5.74, 6) is 0.138. The van der Waals surface area contributed by atoms with E-state index in [2.05, 4.69) is 10.6 Å². The molecule has 2 fully saturated rings. The standard InChI is InChI=1S/C13H24N2O2/c1-17-12-7-6-11(8-12)15-13(16)9-14-10-4-2-3-5-10/h10-12,14H,2-9H2,1H3,(H,15,16). The van der Waals surface area contributed by atoms with Gasteiger partial charge in [0.05, 0.1) is 12.6 Å². The third-order valence-corrected chi connectivity index (χ3v) is 3.99. The summed E-state index contributed by atoms with van der Waals surface area (Å²) in [6.07, 6.45) is 8.47. The molecule has 17 heavy (non-hydrogen) atoms. The van der Waals surface area contributed by atoms with E-state index >= 15 is 0 Å². The highest BCUT2D eigenvalue weighted by atomic mass is 16.5. The van der Waals surface area contributed by atoms with Crippen LogP contribution in [0.1, 0.15) is 44.9 Å². The fourth-order valence-electron chi connectivity index (χ4n) is 2.93. The predicted molar refractivity (Wildman–Crippen MR) is 66.8 cm³/mol. The van der Waals surface area contributed by atoms with Crippen molar-refractivity contribution in [1.82, 2.24) is 10.6 Å². The highest BCUT2D eigenvalue weighted by Gasteiger charge is 2.25. The maximum absolute atomic E-state index is 11.7. The summed E-state index contributed by atoms with van der Waals surface area (Å²) >= 11 is 0. The number of amides is 1. The summed E-state index contributed by atoms with van der Waals surface area (Å²) in [5.41, 5.74) is 0. The summed E-state index contributed by atoms with van der Waals surface area (Å²) in [4.78, 5) is 11.7. The normalized spacial score (nSPS) is 29.7. The molecule has 0 spiro atoms. The average Bonchev–Trinajstić information content (AvgIpc) is 2.97. The Morgan fingerprint density at radius 1 is 1.18 bits per heavy atom. The molecule has 2 aliphatic rings. The minimum absolute atomic E-state index is 0.138. The van der Waals surface area contributed by atoms with Crippen LogP contribution in [-0.2, 0) is 9.53 Å². The molecule has 2 rings (SSSR count). The number of nitrogens with one attached hydrogen (secondary N) is 2. The molecule has 4 nitrogen and oxygen atoms in total. The first-order valence-corrected chi connectivity index (χ1v) is 6.83. The van der Waals surface area contributed by atoms with Crippen molar-refractivity contribution in [3.8, 4) is 0 Å². The van der Waals surface area contributed by atoms with E-state index < -0.39 is 0 Å². The highest BCUT2D eigenvalue weighted by molar-refractivity contribution is 5.78. The zero-order chi connectivity index (χ0) is 12.1. The van der Waals surface area contributed by atoms with Crippen molar-refractivity contribution in [2.45, 2.75) is 63.1 Å². The zero-order valence-corrected chi connectivity index (χ0v) is 10.7. The fourth-order valence-corrected chi connectivity index (χ4v) is 2.93. The third kappa shape index (κ3) is 3.96. The van der Waals surface area contributed by atoms with Gasteiger partial charge in [-0.3, -0.25) is 4.79 Å². The van der Waals surface area contributed by atoms with E-state index in [0.29, 0.717) is 24.7 Å². The summed E-state index contributed by atoms with van der Waals surface area (Å²) in [7, 11) is 1.75. The SMILES string of the molecule is COC1CCC(NC(=O)CNC2CCCC2)C1. The Morgan fingerprint density at radius 3 is 2.59 bits per heavy atom. The van der Waals surface area contributed by atoms with Gasteiger partial charge in [-0.25, -0.2) is 0 Å². The number of hydrogen-bond donors (Lipinski definition) is 2. The Bertz CT molecular complexity index is 252. The van der Waals surface area contributed by atoms with Crippen molar-refractivity contribution in [2.75, 3.05) is 13.7 Å². The Kier molecular flexibility index (Phi) is 4.80. The molecule has 2 N–H and O–H groups in total. The quantitative estimate of drug-likeness (QED) is 0.759. The molecular weight excluding hydrogens is 216 g/mol. The van der Waals surface area contributed by atoms with Gasteiger partial charge in [0.1, 0.15) is 0 Å². The lowest BCUT2D eigenvalue weighted by Gasteiger charge is -2.15. The van der Waals surface area contributed by atoms with Gasteiger partial charge in [0.2, 0.25) is 5.91 Å². The van der Waals surface area contributed by atoms with Crippen LogP contribution in [0.2, 0.25) is 0 Å². The van der Waals surface area contributed by atoms with E-state index in [4.69, 9.17) is 4.74 Å². The van der Waals surface area contributed by atoms with Crippen molar-refractivity contribution >= 4 is 5.91 Å². The number of carbonyl (C=O) groups is 1. The first-order valence-electron chi connectivity index (χ1n) is 6.83. The molecule has 0 radical (unpaired) electrons. The second kappa shape index (κ2) is 6.36. The second-order valence-electron chi connectivity index (χ2n) is 5.30. The van der Waals surface area contributed by atoms with E-state index in [1.54, 1.807) is 7.11 Å². The third-order valence-electron chi connectivity index (χ3n) is 3.99. The van der Waals surface area contributed by atoms with Crippen LogP contribution in [0.15, 0.2) is 0 Å². The van der Waals surface area contributed by atoms with Crippen LogP contribution in [-0.4, -0.2) is 37.7 Å². The highest BCUT2D eigenvalue weighted by Crippen LogP contribution is 2.21. The first kappa shape index (κ1) is 12.8. The molecule has 0 aromatic heterocycles. The first-order chi connectivity index (χ1) is 8.28. The molecule has 2 atom stereocenters. The molecule has 0 saturated heterocycles. The molecule has 0 heterocycles. The fraction of sp³-hybridized carbons (Fsp3) is 0.923. The van der Waals surface area contributed by atoms with Gasteiger partial charge in [0.15, 0.2) is 0 Å². The molecule has 0 bridgehead atoms. The largest absolute Gasteiger partial charge is 0.381 e. The van der Waals surface area contributed by atoms with Crippen LogP contribution in [0.4, 0.5) is 0 Å². The van der Waals surface area contributed by atoms with Gasteiger partial charge >= 0.3 is 0 Å². The van der Waals surface area contributed by atoms with Gasteiger partial charge in [0.25, 0.3) is 0 Å². The van der Waals surface area contributed by atoms with E-state index in [1.807, 2.05) is 0 Å². The minimum Gasteiger partial charge on any atom is -0.381 e. The van der Waals surface area contributed by atoms with Crippen LogP contribution in [0.5, 0.6) is 0 Å². The lowest BCUT2D eigenvalue weighted by molar-refractivity contribution is -0.121. The molecule has 0 aliphatic heterocycles. The molecule has 98 valence electrons. The molecule has 0 aromatic carbocycles. The summed E-state index contributed by atoms with van der Waals surface area (Å²) < 4.78 is 5.30. The lowest BCUT2D eigenvalue weighted by Crippen LogP contribution is -2.42. The van der Waals surface area contributed by atoms with Crippen LogP contribution >= 0.6 is 0 Å². The summed E-state index contributed by atoms with van der Waals surface area (Å²) in [5, 5.41) is 6.42. The molecule has 1 amide bonds. The average molecular weight is 240 g/mol. The number of ether oxygens (including phenoxy) is 1. The van der Waals surface area contributed by atoms with Gasteiger partial charge in [0, 0.05) is 19.2 Å². The van der Waals surface area contributed by atoms with Gasteiger partial charge in [-0.2, -0.15) is 0 Å². The molecule has 2 aliphatic carbocycles. The number of carbonyl (C=O) groups excluding carboxylic acids is 1. The monoisotopic (exact) mass is 240 g/mol. The van der Waals surface area contributed by atoms with Crippen molar-refractivity contribution < 1.29 is 9.53 Å². The van der Waals surface area contributed by atoms with Crippen LogP contribution in [0.25, 0.3) is 0 Å². The molecule has 4 heteroatoms. The van der Waals surface area contributed by atoms with Crippen LogP contribution < -0.4 is 10.6 Å². The van der Waals surface area contributed by atoms with E-state index in [1.165, 1.54) is 25.7 Å². The molecular formula is C13H24N2O2. The topological polar surface area (TPSA) is 50.4 Å². The van der Waals surface area contributed by atoms with Crippen molar-refractivity contribution in [3.63, 3.8) is 0 Å². The minimum atomic E-state index is 0.138. The van der Waals surface area contributed by atoms with E-state index in [-0.39, 0.29) is 5.91 Å². The number of hydrogen-bond acceptors (Lipinski definition) is 3. The predicted octanol–water partition coefficient (Wildman–Crippen LogP) is 1.20. The van der Waals surface area contributed by atoms with Gasteiger partial charge < -0.3 is 15.4 Å². The van der Waals surface area contributed by atoms with Crippen molar-refractivity contribution in [1.29, 1.82) is 0 Å². The Morgan fingerprint density at radius 2 is 1.94 bits per heavy atom. The smallest absolute Gasteiger partial charge is 0.234 e. The maximum Gasteiger partial charge on any atom is 0.234 e. The van der Waals surface area contributed by atoms with Crippen LogP contribution in [0.3, 0.4) is 0 Å². The Labute approximate surface area is 103 Å². The summed E-state index contributed by atoms with van der Waals surface area (Å²) in [6.45, 7) is 0.471.